The van der Waals surface area contributed by atoms with Crippen molar-refractivity contribution >= 4 is 15.8 Å². The summed E-state index contributed by atoms with van der Waals surface area (Å²) < 4.78 is 59.0. The number of aliphatic hydroxyl groups excluding tert-OH is 1. The number of hydrogen-bond acceptors (Lipinski definition) is 8. The monoisotopic (exact) mass is 505 g/mol. The Labute approximate surface area is 204 Å². The number of hydrogen-bond donors (Lipinski definition) is 2. The predicted octanol–water partition coefficient (Wildman–Crippen LogP) is 4.19. The number of benzene rings is 2. The van der Waals surface area contributed by atoms with Gasteiger partial charge < -0.3 is 19.3 Å². The summed E-state index contributed by atoms with van der Waals surface area (Å²) in [5, 5.41) is 9.19. The van der Waals surface area contributed by atoms with E-state index in [1.807, 2.05) is 20.8 Å². The van der Waals surface area contributed by atoms with E-state index in [9.17, 15) is 17.9 Å². The van der Waals surface area contributed by atoms with E-state index >= 15 is 0 Å². The molecule has 0 saturated heterocycles. The van der Waals surface area contributed by atoms with Crippen LogP contribution in [0.1, 0.15) is 32.2 Å². The van der Waals surface area contributed by atoms with E-state index in [2.05, 4.69) is 14.7 Å². The lowest BCUT2D eigenvalue weighted by atomic mass is 9.87. The van der Waals surface area contributed by atoms with Crippen molar-refractivity contribution in [2.24, 2.45) is 0 Å². The molecule has 2 aromatic carbocycles. The molecule has 0 radical (unpaired) electrons. The molecule has 9 nitrogen and oxygen atoms in total. The molecule has 0 fully saturated rings. The summed E-state index contributed by atoms with van der Waals surface area (Å²) in [6, 6.07) is 10.1. The molecule has 0 spiro atoms. The first kappa shape index (κ1) is 26.2. The zero-order valence-corrected chi connectivity index (χ0v) is 20.9. The third-order valence-corrected chi connectivity index (χ3v) is 6.23. The predicted molar refractivity (Wildman–Crippen MR) is 128 cm³/mol. The molecule has 0 aliphatic carbocycles. The van der Waals surface area contributed by atoms with Crippen LogP contribution in [0.2, 0.25) is 0 Å². The smallest absolute Gasteiger partial charge is 0.263 e. The van der Waals surface area contributed by atoms with Crippen molar-refractivity contribution in [2.75, 3.05) is 25.0 Å². The second kappa shape index (κ2) is 10.4. The van der Waals surface area contributed by atoms with Gasteiger partial charge in [-0.25, -0.2) is 17.8 Å². The van der Waals surface area contributed by atoms with Gasteiger partial charge in [-0.15, -0.1) is 0 Å². The minimum atomic E-state index is -4.08. The molecule has 3 rings (SSSR count). The van der Waals surface area contributed by atoms with Gasteiger partial charge in [-0.1, -0.05) is 32.9 Å². The minimum absolute atomic E-state index is 0.0184. The van der Waals surface area contributed by atoms with E-state index in [1.165, 1.54) is 25.3 Å². The van der Waals surface area contributed by atoms with E-state index in [0.717, 1.165) is 17.7 Å². The van der Waals surface area contributed by atoms with Crippen LogP contribution in [0.15, 0.2) is 47.4 Å². The fraction of sp³-hybridized carbons (Fsp3) is 0.333. The van der Waals surface area contributed by atoms with E-state index < -0.39 is 15.8 Å². The number of nitrogens with one attached hydrogen (secondary N) is 1. The Balaban J connectivity index is 2.06. The van der Waals surface area contributed by atoms with E-state index in [4.69, 9.17) is 14.2 Å². The van der Waals surface area contributed by atoms with Gasteiger partial charge in [0.15, 0.2) is 17.3 Å². The van der Waals surface area contributed by atoms with E-state index in [-0.39, 0.29) is 58.3 Å². The van der Waals surface area contributed by atoms with Crippen LogP contribution >= 0.6 is 0 Å². The topological polar surface area (TPSA) is 120 Å². The third kappa shape index (κ3) is 6.37. The maximum Gasteiger partial charge on any atom is 0.263 e. The fourth-order valence-corrected chi connectivity index (χ4v) is 4.10. The third-order valence-electron chi connectivity index (χ3n) is 4.88. The summed E-state index contributed by atoms with van der Waals surface area (Å²) in [4.78, 5) is 8.38. The van der Waals surface area contributed by atoms with Crippen LogP contribution in [0, 0.1) is 12.7 Å². The lowest BCUT2D eigenvalue weighted by Gasteiger charge is -2.20. The number of sulfonamides is 1. The standard InChI is InChI=1S/C24H28FN3O6S/c1-15-26-22(28-35(30,31)18-9-6-16(7-10-18)24(2,3)4)21(23(27-15)33-13-12-29)34-19-11-8-17(25)14-20(19)32-5/h6-11,14,29H,12-13H2,1-5H3,(H,26,27,28). The van der Waals surface area contributed by atoms with Crippen molar-refractivity contribution in [2.45, 2.75) is 38.0 Å². The van der Waals surface area contributed by atoms with Gasteiger partial charge in [-0.05, 0) is 42.2 Å². The van der Waals surface area contributed by atoms with Crippen LogP contribution in [0.4, 0.5) is 10.2 Å². The summed E-state index contributed by atoms with van der Waals surface area (Å²) in [7, 11) is -2.75. The van der Waals surface area contributed by atoms with Crippen molar-refractivity contribution in [3.05, 3.63) is 59.7 Å². The Hall–Kier alpha value is -3.44. The Morgan fingerprint density at radius 1 is 1.06 bits per heavy atom. The molecule has 0 unspecified atom stereocenters. The SMILES string of the molecule is COc1cc(F)ccc1Oc1c(NS(=O)(=O)c2ccc(C(C)(C)C)cc2)nc(C)nc1OCCO. The Morgan fingerprint density at radius 3 is 2.34 bits per heavy atom. The quantitative estimate of drug-likeness (QED) is 0.444. The van der Waals surface area contributed by atoms with Gasteiger partial charge in [0.1, 0.15) is 18.2 Å². The normalized spacial score (nSPS) is 11.7. The number of ether oxygens (including phenoxy) is 3. The van der Waals surface area contributed by atoms with Gasteiger partial charge in [-0.3, -0.25) is 4.72 Å². The molecule has 0 saturated carbocycles. The largest absolute Gasteiger partial charge is 0.493 e. The average molecular weight is 506 g/mol. The molecule has 11 heteroatoms. The molecule has 0 atom stereocenters. The first-order chi connectivity index (χ1) is 16.4. The first-order valence-corrected chi connectivity index (χ1v) is 12.2. The molecule has 1 aromatic heterocycles. The summed E-state index contributed by atoms with van der Waals surface area (Å²) in [6.07, 6.45) is 0. The Bertz CT molecular complexity index is 1290. The number of nitrogens with zero attached hydrogens (tertiary/aromatic N) is 2. The van der Waals surface area contributed by atoms with Crippen LogP contribution in [0.3, 0.4) is 0 Å². The van der Waals surface area contributed by atoms with Gasteiger partial charge in [0.2, 0.25) is 5.75 Å². The van der Waals surface area contributed by atoms with Crippen molar-refractivity contribution in [1.29, 1.82) is 0 Å². The molecule has 188 valence electrons. The van der Waals surface area contributed by atoms with Gasteiger partial charge in [0, 0.05) is 6.07 Å². The average Bonchev–Trinajstić information content (AvgIpc) is 2.79. The highest BCUT2D eigenvalue weighted by atomic mass is 32.2. The lowest BCUT2D eigenvalue weighted by Crippen LogP contribution is -2.17. The van der Waals surface area contributed by atoms with Crippen molar-refractivity contribution in [1.82, 2.24) is 9.97 Å². The second-order valence-corrected chi connectivity index (χ2v) is 10.3. The molecule has 0 aliphatic rings. The fourth-order valence-electron chi connectivity index (χ4n) is 3.09. The van der Waals surface area contributed by atoms with E-state index in [1.54, 1.807) is 19.1 Å². The van der Waals surface area contributed by atoms with Crippen LogP contribution in [-0.4, -0.2) is 43.8 Å². The van der Waals surface area contributed by atoms with Crippen LogP contribution < -0.4 is 18.9 Å². The lowest BCUT2D eigenvalue weighted by molar-refractivity contribution is 0.192. The number of methoxy groups -OCH3 is 1. The molecule has 3 aromatic rings. The molecule has 35 heavy (non-hydrogen) atoms. The number of halogens is 1. The number of anilines is 1. The molecular weight excluding hydrogens is 477 g/mol. The molecule has 0 amide bonds. The summed E-state index contributed by atoms with van der Waals surface area (Å²) in [5.41, 5.74) is 0.828. The summed E-state index contributed by atoms with van der Waals surface area (Å²) >= 11 is 0. The van der Waals surface area contributed by atoms with Crippen molar-refractivity contribution < 1.29 is 32.1 Å². The first-order valence-electron chi connectivity index (χ1n) is 10.7. The van der Waals surface area contributed by atoms with Gasteiger partial charge in [0.25, 0.3) is 15.9 Å². The number of aryl methyl sites for hydroxylation is 1. The molecule has 1 heterocycles. The highest BCUT2D eigenvalue weighted by Gasteiger charge is 2.25. The zero-order valence-electron chi connectivity index (χ0n) is 20.1. The highest BCUT2D eigenvalue weighted by molar-refractivity contribution is 7.92. The van der Waals surface area contributed by atoms with Gasteiger partial charge >= 0.3 is 0 Å². The second-order valence-electron chi connectivity index (χ2n) is 8.60. The van der Waals surface area contributed by atoms with Crippen molar-refractivity contribution in [3.8, 4) is 23.1 Å². The van der Waals surface area contributed by atoms with Crippen LogP contribution in [0.25, 0.3) is 0 Å². The highest BCUT2D eigenvalue weighted by Crippen LogP contribution is 2.40. The van der Waals surface area contributed by atoms with Gasteiger partial charge in [-0.2, -0.15) is 4.98 Å². The van der Waals surface area contributed by atoms with Crippen molar-refractivity contribution in [3.63, 3.8) is 0 Å². The molecule has 0 aliphatic heterocycles. The number of aliphatic hydroxyl groups is 1. The maximum atomic E-state index is 13.7. The maximum absolute atomic E-state index is 13.7. The molecule has 0 bridgehead atoms. The molecule has 2 N–H and O–H groups in total. The van der Waals surface area contributed by atoms with Gasteiger partial charge in [0.05, 0.1) is 18.6 Å². The van der Waals surface area contributed by atoms with Crippen LogP contribution in [0.5, 0.6) is 23.1 Å². The zero-order chi connectivity index (χ0) is 25.8. The van der Waals surface area contributed by atoms with E-state index in [0.29, 0.717) is 0 Å². The number of rotatable bonds is 9. The summed E-state index contributed by atoms with van der Waals surface area (Å²) in [6.45, 7) is 7.18. The molecular formula is C24H28FN3O6S. The summed E-state index contributed by atoms with van der Waals surface area (Å²) in [5.74, 6) is -0.711. The number of aromatic nitrogens is 2. The Kier molecular flexibility index (Phi) is 7.81. The van der Waals surface area contributed by atoms with Crippen LogP contribution in [-0.2, 0) is 15.4 Å². The Morgan fingerprint density at radius 2 is 1.74 bits per heavy atom. The minimum Gasteiger partial charge on any atom is -0.493 e.